The van der Waals surface area contributed by atoms with Gasteiger partial charge in [-0.3, -0.25) is 15.6 Å². The molecule has 0 aliphatic rings. The van der Waals surface area contributed by atoms with E-state index >= 15 is 0 Å². The molecule has 3 N–H and O–H groups in total. The van der Waals surface area contributed by atoms with E-state index in [-0.39, 0.29) is 18.3 Å². The molecule has 0 aliphatic carbocycles. The number of carbonyl (C=O) groups excluding carboxylic acids is 1. The van der Waals surface area contributed by atoms with E-state index in [4.69, 9.17) is 17.0 Å². The van der Waals surface area contributed by atoms with Gasteiger partial charge in [-0.15, -0.1) is 0 Å². The van der Waals surface area contributed by atoms with Crippen LogP contribution in [-0.2, 0) is 4.79 Å². The number of hydrogen-bond acceptors (Lipinski definition) is 4. The molecule has 1 amide bonds. The number of benzene rings is 1. The van der Waals surface area contributed by atoms with E-state index in [1.165, 1.54) is 24.3 Å². The topological polar surface area (TPSA) is 62.4 Å². The van der Waals surface area contributed by atoms with Crippen LogP contribution in [0.25, 0.3) is 0 Å². The van der Waals surface area contributed by atoms with Crippen molar-refractivity contribution < 1.29 is 13.9 Å². The lowest BCUT2D eigenvalue weighted by molar-refractivity contribution is -0.123. The Labute approximate surface area is 133 Å². The second-order valence-corrected chi connectivity index (χ2v) is 5.41. The van der Waals surface area contributed by atoms with Crippen molar-refractivity contribution in [2.75, 3.05) is 25.2 Å². The second-order valence-electron chi connectivity index (χ2n) is 4.02. The average Bonchev–Trinajstić information content (AvgIpc) is 2.49. The lowest BCUT2D eigenvalue weighted by atomic mass is 10.3. The summed E-state index contributed by atoms with van der Waals surface area (Å²) in [6.07, 6.45) is 3.03. The number of carbonyl (C=O) groups is 1. The minimum absolute atomic E-state index is 0.187. The molecule has 0 fully saturated rings. The first kappa shape index (κ1) is 17.5. The molecule has 0 unspecified atom stereocenters. The molecule has 0 bridgehead atoms. The van der Waals surface area contributed by atoms with Crippen molar-refractivity contribution in [1.82, 2.24) is 16.2 Å². The maximum Gasteiger partial charge on any atom is 0.276 e. The van der Waals surface area contributed by atoms with Gasteiger partial charge in [-0.05, 0) is 54.9 Å². The maximum absolute atomic E-state index is 12.7. The number of thioether (sulfide) groups is 1. The van der Waals surface area contributed by atoms with Crippen LogP contribution in [0.2, 0.25) is 0 Å². The van der Waals surface area contributed by atoms with Gasteiger partial charge < -0.3 is 10.1 Å². The third-order valence-corrected chi connectivity index (χ3v) is 3.25. The van der Waals surface area contributed by atoms with E-state index in [2.05, 4.69) is 16.2 Å². The zero-order valence-electron chi connectivity index (χ0n) is 11.6. The van der Waals surface area contributed by atoms with E-state index in [9.17, 15) is 9.18 Å². The maximum atomic E-state index is 12.7. The highest BCUT2D eigenvalue weighted by Gasteiger charge is 2.03. The molecule has 1 aromatic carbocycles. The van der Waals surface area contributed by atoms with Gasteiger partial charge >= 0.3 is 0 Å². The summed E-state index contributed by atoms with van der Waals surface area (Å²) in [6.45, 7) is 0.558. The number of amides is 1. The van der Waals surface area contributed by atoms with Crippen LogP contribution in [-0.4, -0.2) is 36.2 Å². The highest BCUT2D eigenvalue weighted by molar-refractivity contribution is 7.98. The van der Waals surface area contributed by atoms with Crippen molar-refractivity contribution in [3.05, 3.63) is 30.1 Å². The highest BCUT2D eigenvalue weighted by atomic mass is 32.2. The van der Waals surface area contributed by atoms with E-state index in [0.717, 1.165) is 18.7 Å². The molecule has 1 rings (SSSR count). The van der Waals surface area contributed by atoms with Gasteiger partial charge in [0.1, 0.15) is 11.6 Å². The average molecular weight is 331 g/mol. The second kappa shape index (κ2) is 10.2. The van der Waals surface area contributed by atoms with Crippen LogP contribution in [0.15, 0.2) is 24.3 Å². The van der Waals surface area contributed by atoms with Crippen molar-refractivity contribution in [3.8, 4) is 5.75 Å². The number of thiocarbonyl (C=S) groups is 1. The summed E-state index contributed by atoms with van der Waals surface area (Å²) in [4.78, 5) is 11.5. The standard InChI is InChI=1S/C13H18FN3O2S2/c1-21-8-2-7-15-13(20)17-16-12(18)9-19-11-5-3-10(14)4-6-11/h3-6H,2,7-9H2,1H3,(H,16,18)(H2,15,17,20). The van der Waals surface area contributed by atoms with Gasteiger partial charge in [-0.1, -0.05) is 0 Å². The first-order chi connectivity index (χ1) is 10.1. The minimum Gasteiger partial charge on any atom is -0.484 e. The van der Waals surface area contributed by atoms with Gasteiger partial charge in [0, 0.05) is 6.54 Å². The Morgan fingerprint density at radius 2 is 2.05 bits per heavy atom. The zero-order chi connectivity index (χ0) is 15.5. The zero-order valence-corrected chi connectivity index (χ0v) is 13.3. The Morgan fingerprint density at radius 1 is 1.33 bits per heavy atom. The largest absolute Gasteiger partial charge is 0.484 e. The quantitative estimate of drug-likeness (QED) is 0.399. The van der Waals surface area contributed by atoms with E-state index in [1.54, 1.807) is 11.8 Å². The third-order valence-electron chi connectivity index (χ3n) is 2.31. The molecule has 0 heterocycles. The fourth-order valence-corrected chi connectivity index (χ4v) is 1.89. The fourth-order valence-electron chi connectivity index (χ4n) is 1.30. The molecule has 0 radical (unpaired) electrons. The molecule has 21 heavy (non-hydrogen) atoms. The van der Waals surface area contributed by atoms with Crippen molar-refractivity contribution in [3.63, 3.8) is 0 Å². The lowest BCUT2D eigenvalue weighted by Gasteiger charge is -2.11. The summed E-state index contributed by atoms with van der Waals surface area (Å²) in [5.74, 6) is 0.733. The number of rotatable bonds is 7. The summed E-state index contributed by atoms with van der Waals surface area (Å²) >= 11 is 6.75. The summed E-state index contributed by atoms with van der Waals surface area (Å²) < 4.78 is 17.9. The van der Waals surface area contributed by atoms with Gasteiger partial charge in [0.15, 0.2) is 11.7 Å². The van der Waals surface area contributed by atoms with Crippen LogP contribution in [0.4, 0.5) is 4.39 Å². The van der Waals surface area contributed by atoms with Gasteiger partial charge in [0.25, 0.3) is 5.91 Å². The number of hydrazine groups is 1. The molecular formula is C13H18FN3O2S2. The van der Waals surface area contributed by atoms with Crippen LogP contribution in [0.1, 0.15) is 6.42 Å². The molecule has 0 saturated carbocycles. The summed E-state index contributed by atoms with van der Waals surface area (Å²) in [7, 11) is 0. The summed E-state index contributed by atoms with van der Waals surface area (Å²) in [5, 5.41) is 3.32. The molecule has 0 spiro atoms. The van der Waals surface area contributed by atoms with Crippen molar-refractivity contribution in [2.45, 2.75) is 6.42 Å². The van der Waals surface area contributed by atoms with Crippen LogP contribution in [0.5, 0.6) is 5.75 Å². The predicted octanol–water partition coefficient (Wildman–Crippen LogP) is 1.45. The van der Waals surface area contributed by atoms with Crippen LogP contribution in [0, 0.1) is 5.82 Å². The van der Waals surface area contributed by atoms with Gasteiger partial charge in [0.2, 0.25) is 0 Å². The Kier molecular flexibility index (Phi) is 8.53. The monoisotopic (exact) mass is 331 g/mol. The molecule has 0 aliphatic heterocycles. The normalized spacial score (nSPS) is 9.81. The molecule has 0 atom stereocenters. The Balaban J connectivity index is 2.13. The lowest BCUT2D eigenvalue weighted by Crippen LogP contribution is -2.48. The SMILES string of the molecule is CSCCCNC(=S)NNC(=O)COc1ccc(F)cc1. The molecule has 0 aromatic heterocycles. The third kappa shape index (κ3) is 8.36. The van der Waals surface area contributed by atoms with E-state index < -0.39 is 0 Å². The summed E-state index contributed by atoms with van der Waals surface area (Å²) in [5.41, 5.74) is 4.99. The van der Waals surface area contributed by atoms with Crippen molar-refractivity contribution in [1.29, 1.82) is 0 Å². The first-order valence-corrected chi connectivity index (χ1v) is 8.12. The van der Waals surface area contributed by atoms with E-state index in [0.29, 0.717) is 10.9 Å². The minimum atomic E-state index is -0.382. The van der Waals surface area contributed by atoms with Crippen LogP contribution in [0.3, 0.4) is 0 Å². The Morgan fingerprint density at radius 3 is 2.71 bits per heavy atom. The molecule has 5 nitrogen and oxygen atoms in total. The number of halogens is 1. The number of nitrogens with one attached hydrogen (secondary N) is 3. The predicted molar refractivity (Wildman–Crippen MR) is 86.8 cm³/mol. The van der Waals surface area contributed by atoms with Gasteiger partial charge in [-0.25, -0.2) is 4.39 Å². The number of ether oxygens (including phenoxy) is 1. The van der Waals surface area contributed by atoms with Crippen LogP contribution < -0.4 is 20.9 Å². The van der Waals surface area contributed by atoms with E-state index in [1.807, 2.05) is 6.26 Å². The molecule has 1 aromatic rings. The van der Waals surface area contributed by atoms with Gasteiger partial charge in [-0.2, -0.15) is 11.8 Å². The first-order valence-electron chi connectivity index (χ1n) is 6.32. The smallest absolute Gasteiger partial charge is 0.276 e. The highest BCUT2D eigenvalue weighted by Crippen LogP contribution is 2.10. The van der Waals surface area contributed by atoms with Gasteiger partial charge in [0.05, 0.1) is 0 Å². The number of hydrogen-bond donors (Lipinski definition) is 3. The summed E-state index contributed by atoms with van der Waals surface area (Å²) in [6, 6.07) is 5.43. The Hall–Kier alpha value is -1.54. The fraction of sp³-hybridized carbons (Fsp3) is 0.385. The molecule has 116 valence electrons. The Bertz CT molecular complexity index is 457. The molecule has 0 saturated heterocycles. The van der Waals surface area contributed by atoms with Crippen molar-refractivity contribution >= 4 is 35.0 Å². The molecule has 8 heteroatoms. The van der Waals surface area contributed by atoms with Crippen molar-refractivity contribution in [2.24, 2.45) is 0 Å². The van der Waals surface area contributed by atoms with Crippen LogP contribution >= 0.6 is 24.0 Å². The molecular weight excluding hydrogens is 313 g/mol.